The fraction of sp³-hybridized carbons (Fsp3) is 0.286. The van der Waals surface area contributed by atoms with Crippen LogP contribution in [0.3, 0.4) is 0 Å². The average Bonchev–Trinajstić information content (AvgIpc) is 2.26. The number of thiol groups is 1. The van der Waals surface area contributed by atoms with Crippen molar-refractivity contribution in [3.05, 3.63) is 30.3 Å². The van der Waals surface area contributed by atoms with Crippen molar-refractivity contribution in [2.24, 2.45) is 0 Å². The molecule has 19 heavy (non-hydrogen) atoms. The third-order valence-electron chi connectivity index (χ3n) is 2.40. The molecular formula is C14H17N3OS. The van der Waals surface area contributed by atoms with Gasteiger partial charge < -0.3 is 5.32 Å². The van der Waals surface area contributed by atoms with Gasteiger partial charge in [0.05, 0.1) is 5.52 Å². The lowest BCUT2D eigenvalue weighted by atomic mass is 10.1. The van der Waals surface area contributed by atoms with Gasteiger partial charge in [-0.05, 0) is 51.1 Å². The van der Waals surface area contributed by atoms with E-state index in [1.807, 2.05) is 45.0 Å². The molecule has 0 radical (unpaired) electrons. The first-order valence-corrected chi connectivity index (χ1v) is 6.47. The van der Waals surface area contributed by atoms with Gasteiger partial charge in [0.15, 0.2) is 0 Å². The van der Waals surface area contributed by atoms with E-state index in [-0.39, 0.29) is 11.6 Å². The number of fused-ring (bicyclic) bond motifs is 1. The Hall–Kier alpha value is -1.75. The smallest absolute Gasteiger partial charge is 0.320 e. The number of amides is 2. The van der Waals surface area contributed by atoms with E-state index >= 15 is 0 Å². The first kappa shape index (κ1) is 13.7. The molecule has 1 aromatic heterocycles. The molecule has 0 saturated heterocycles. The van der Waals surface area contributed by atoms with Crippen LogP contribution >= 0.6 is 12.6 Å². The molecule has 0 spiro atoms. The Balaban J connectivity index is 2.18. The zero-order valence-corrected chi connectivity index (χ0v) is 12.1. The van der Waals surface area contributed by atoms with E-state index in [1.54, 1.807) is 6.07 Å². The number of urea groups is 1. The minimum absolute atomic E-state index is 0.259. The van der Waals surface area contributed by atoms with Crippen molar-refractivity contribution in [3.63, 3.8) is 0 Å². The summed E-state index contributed by atoms with van der Waals surface area (Å²) < 4.78 is 0. The number of carbonyl (C=O) groups excluding carboxylic acids is 1. The minimum atomic E-state index is -0.276. The minimum Gasteiger partial charge on any atom is -0.333 e. The highest BCUT2D eigenvalue weighted by Gasteiger charge is 2.13. The van der Waals surface area contributed by atoms with E-state index < -0.39 is 0 Å². The van der Waals surface area contributed by atoms with Crippen LogP contribution in [0.2, 0.25) is 0 Å². The van der Waals surface area contributed by atoms with Crippen molar-refractivity contribution < 1.29 is 4.79 Å². The van der Waals surface area contributed by atoms with Gasteiger partial charge in [-0.3, -0.25) is 5.32 Å². The summed E-state index contributed by atoms with van der Waals surface area (Å²) in [6.45, 7) is 5.78. The van der Waals surface area contributed by atoms with E-state index in [9.17, 15) is 4.79 Å². The summed E-state index contributed by atoms with van der Waals surface area (Å²) in [5, 5.41) is 6.54. The number of aromatic nitrogens is 1. The van der Waals surface area contributed by atoms with E-state index in [1.165, 1.54) is 0 Å². The Morgan fingerprint density at radius 2 is 1.95 bits per heavy atom. The highest BCUT2D eigenvalue weighted by molar-refractivity contribution is 7.80. The molecule has 5 heteroatoms. The predicted octanol–water partition coefficient (Wildman–Crippen LogP) is 3.44. The SMILES string of the molecule is CC(C)(C)NC(=O)Nc1ccc2cc(S)ccc2n1. The van der Waals surface area contributed by atoms with Gasteiger partial charge in [-0.15, -0.1) is 12.6 Å². The molecule has 0 aliphatic rings. The highest BCUT2D eigenvalue weighted by atomic mass is 32.1. The molecule has 2 amide bonds. The Morgan fingerprint density at radius 3 is 2.63 bits per heavy atom. The molecule has 0 bridgehead atoms. The Kier molecular flexibility index (Phi) is 3.66. The van der Waals surface area contributed by atoms with Crippen LogP contribution in [-0.4, -0.2) is 16.6 Å². The second kappa shape index (κ2) is 5.09. The molecule has 0 unspecified atom stereocenters. The lowest BCUT2D eigenvalue weighted by Gasteiger charge is -2.20. The number of hydrogen-bond acceptors (Lipinski definition) is 3. The van der Waals surface area contributed by atoms with Gasteiger partial charge in [0, 0.05) is 15.8 Å². The number of hydrogen-bond donors (Lipinski definition) is 3. The second-order valence-electron chi connectivity index (χ2n) is 5.40. The van der Waals surface area contributed by atoms with Gasteiger partial charge >= 0.3 is 6.03 Å². The van der Waals surface area contributed by atoms with E-state index in [0.717, 1.165) is 15.8 Å². The van der Waals surface area contributed by atoms with Crippen LogP contribution in [0.25, 0.3) is 10.9 Å². The zero-order valence-electron chi connectivity index (χ0n) is 11.2. The number of pyridine rings is 1. The van der Waals surface area contributed by atoms with Crippen molar-refractivity contribution in [1.82, 2.24) is 10.3 Å². The van der Waals surface area contributed by atoms with E-state index in [2.05, 4.69) is 28.2 Å². The van der Waals surface area contributed by atoms with E-state index in [0.29, 0.717) is 5.82 Å². The molecule has 1 aromatic carbocycles. The van der Waals surface area contributed by atoms with Gasteiger partial charge in [-0.25, -0.2) is 9.78 Å². The van der Waals surface area contributed by atoms with Crippen molar-refractivity contribution >= 4 is 35.4 Å². The summed E-state index contributed by atoms with van der Waals surface area (Å²) in [4.78, 5) is 17.0. The largest absolute Gasteiger partial charge is 0.333 e. The number of benzene rings is 1. The molecule has 4 nitrogen and oxygen atoms in total. The fourth-order valence-electron chi connectivity index (χ4n) is 1.67. The normalized spacial score (nSPS) is 11.4. The predicted molar refractivity (Wildman–Crippen MR) is 80.9 cm³/mol. The highest BCUT2D eigenvalue weighted by Crippen LogP contribution is 2.18. The number of carbonyl (C=O) groups is 1. The van der Waals surface area contributed by atoms with Gasteiger partial charge in [-0.2, -0.15) is 0 Å². The topological polar surface area (TPSA) is 54.0 Å². The lowest BCUT2D eigenvalue weighted by Crippen LogP contribution is -2.43. The fourth-order valence-corrected chi connectivity index (χ4v) is 1.88. The van der Waals surface area contributed by atoms with Crippen LogP contribution in [0, 0.1) is 0 Å². The van der Waals surface area contributed by atoms with Crippen LogP contribution in [0.4, 0.5) is 10.6 Å². The maximum absolute atomic E-state index is 11.7. The molecular weight excluding hydrogens is 258 g/mol. The monoisotopic (exact) mass is 275 g/mol. The van der Waals surface area contributed by atoms with E-state index in [4.69, 9.17) is 0 Å². The number of rotatable bonds is 1. The van der Waals surface area contributed by atoms with Gasteiger partial charge in [0.1, 0.15) is 5.82 Å². The molecule has 100 valence electrons. The molecule has 0 atom stereocenters. The van der Waals surface area contributed by atoms with Gasteiger partial charge in [0.2, 0.25) is 0 Å². The number of nitrogens with one attached hydrogen (secondary N) is 2. The first-order chi connectivity index (χ1) is 8.83. The van der Waals surface area contributed by atoms with Crippen molar-refractivity contribution in [2.75, 3.05) is 5.32 Å². The van der Waals surface area contributed by atoms with Gasteiger partial charge in [0.25, 0.3) is 0 Å². The number of anilines is 1. The van der Waals surface area contributed by atoms with Crippen LogP contribution < -0.4 is 10.6 Å². The molecule has 0 saturated carbocycles. The van der Waals surface area contributed by atoms with Crippen LogP contribution in [0.15, 0.2) is 35.2 Å². The molecule has 2 rings (SSSR count). The lowest BCUT2D eigenvalue weighted by molar-refractivity contribution is 0.243. The maximum Gasteiger partial charge on any atom is 0.320 e. The molecule has 2 aromatic rings. The van der Waals surface area contributed by atoms with Crippen molar-refractivity contribution in [3.8, 4) is 0 Å². The maximum atomic E-state index is 11.7. The standard InChI is InChI=1S/C14H17N3OS/c1-14(2,3)17-13(18)16-12-7-4-9-8-10(19)5-6-11(9)15-12/h4-8,19H,1-3H3,(H2,15,16,17,18). The van der Waals surface area contributed by atoms with Crippen molar-refractivity contribution in [2.45, 2.75) is 31.2 Å². The average molecular weight is 275 g/mol. The summed E-state index contributed by atoms with van der Waals surface area (Å²) in [5.41, 5.74) is 0.549. The summed E-state index contributed by atoms with van der Waals surface area (Å²) in [7, 11) is 0. The van der Waals surface area contributed by atoms with Crippen LogP contribution in [-0.2, 0) is 0 Å². The molecule has 0 aliphatic carbocycles. The second-order valence-corrected chi connectivity index (χ2v) is 5.92. The summed E-state index contributed by atoms with van der Waals surface area (Å²) in [6, 6.07) is 9.11. The number of nitrogens with zero attached hydrogens (tertiary/aromatic N) is 1. The van der Waals surface area contributed by atoms with Crippen LogP contribution in [0.5, 0.6) is 0 Å². The van der Waals surface area contributed by atoms with Gasteiger partial charge in [-0.1, -0.05) is 0 Å². The molecule has 1 heterocycles. The third kappa shape index (κ3) is 3.86. The summed E-state index contributed by atoms with van der Waals surface area (Å²) in [6.07, 6.45) is 0. The Morgan fingerprint density at radius 1 is 1.21 bits per heavy atom. The zero-order chi connectivity index (χ0) is 14.0. The molecule has 2 N–H and O–H groups in total. The van der Waals surface area contributed by atoms with Crippen LogP contribution in [0.1, 0.15) is 20.8 Å². The Bertz CT molecular complexity index is 620. The van der Waals surface area contributed by atoms with Crippen molar-refractivity contribution in [1.29, 1.82) is 0 Å². The first-order valence-electron chi connectivity index (χ1n) is 6.02. The molecule has 0 fully saturated rings. The summed E-state index contributed by atoms with van der Waals surface area (Å²) in [5.74, 6) is 0.529. The molecule has 0 aliphatic heterocycles. The quantitative estimate of drug-likeness (QED) is 0.698. The summed E-state index contributed by atoms with van der Waals surface area (Å²) >= 11 is 4.28. The third-order valence-corrected chi connectivity index (χ3v) is 2.68. The Labute approximate surface area is 118 Å².